The Balaban J connectivity index is 1.63. The third-order valence-electron chi connectivity index (χ3n) is 4.66. The van der Waals surface area contributed by atoms with Gasteiger partial charge in [0.1, 0.15) is 5.82 Å². The molecule has 1 unspecified atom stereocenters. The van der Waals surface area contributed by atoms with Crippen LogP contribution in [0.15, 0.2) is 42.5 Å². The quantitative estimate of drug-likeness (QED) is 0.863. The molecule has 5 nitrogen and oxygen atoms in total. The fourth-order valence-corrected chi connectivity index (χ4v) is 3.32. The van der Waals surface area contributed by atoms with Crippen LogP contribution in [0.3, 0.4) is 0 Å². The Labute approximate surface area is 152 Å². The van der Waals surface area contributed by atoms with Crippen LogP contribution in [0.5, 0.6) is 11.5 Å². The lowest BCUT2D eigenvalue weighted by molar-refractivity contribution is 0.0897. The summed E-state index contributed by atoms with van der Waals surface area (Å²) in [6.45, 7) is 2.03. The number of methoxy groups -OCH3 is 1. The van der Waals surface area contributed by atoms with E-state index in [4.69, 9.17) is 4.74 Å². The van der Waals surface area contributed by atoms with Gasteiger partial charge in [-0.25, -0.2) is 4.39 Å². The van der Waals surface area contributed by atoms with Gasteiger partial charge < -0.3 is 15.2 Å². The normalized spacial score (nSPS) is 17.7. The van der Waals surface area contributed by atoms with E-state index in [1.54, 1.807) is 30.3 Å². The number of ether oxygens (including phenoxy) is 1. The largest absolute Gasteiger partial charge is 0.504 e. The Bertz CT molecular complexity index is 781. The highest BCUT2D eigenvalue weighted by atomic mass is 19.1. The number of nitrogens with zero attached hydrogens (tertiary/aromatic N) is 1. The van der Waals surface area contributed by atoms with E-state index < -0.39 is 0 Å². The van der Waals surface area contributed by atoms with Crippen molar-refractivity contribution in [1.82, 2.24) is 10.2 Å². The minimum Gasteiger partial charge on any atom is -0.504 e. The third-order valence-corrected chi connectivity index (χ3v) is 4.66. The lowest BCUT2D eigenvalue weighted by atomic mass is 10.0. The van der Waals surface area contributed by atoms with Gasteiger partial charge in [0.15, 0.2) is 11.5 Å². The summed E-state index contributed by atoms with van der Waals surface area (Å²) in [5.74, 6) is -0.437. The molecule has 1 aliphatic rings. The first-order chi connectivity index (χ1) is 12.6. The minimum atomic E-state index is -0.334. The average Bonchev–Trinajstić information content (AvgIpc) is 2.64. The fourth-order valence-electron chi connectivity index (χ4n) is 3.32. The second-order valence-electron chi connectivity index (χ2n) is 6.50. The van der Waals surface area contributed by atoms with Gasteiger partial charge in [-0.15, -0.1) is 0 Å². The highest BCUT2D eigenvalue weighted by Crippen LogP contribution is 2.29. The maximum Gasteiger partial charge on any atom is 0.255 e. The van der Waals surface area contributed by atoms with Gasteiger partial charge >= 0.3 is 0 Å². The van der Waals surface area contributed by atoms with Crippen LogP contribution < -0.4 is 10.1 Å². The maximum atomic E-state index is 13.9. The smallest absolute Gasteiger partial charge is 0.255 e. The molecule has 1 amide bonds. The van der Waals surface area contributed by atoms with Crippen LogP contribution in [0, 0.1) is 5.82 Å². The molecule has 0 aromatic heterocycles. The SMILES string of the molecule is COc1cccc(C(=O)NC2CCCN(Cc3ccccc3F)C2)c1O. The number of halogens is 1. The molecule has 1 fully saturated rings. The minimum absolute atomic E-state index is 0.0476. The zero-order valence-electron chi connectivity index (χ0n) is 14.7. The van der Waals surface area contributed by atoms with Crippen LogP contribution in [-0.2, 0) is 6.54 Å². The van der Waals surface area contributed by atoms with Crippen LogP contribution >= 0.6 is 0 Å². The average molecular weight is 358 g/mol. The molecular weight excluding hydrogens is 335 g/mol. The number of carbonyl (C=O) groups excluding carboxylic acids is 1. The van der Waals surface area contributed by atoms with Crippen LogP contribution in [-0.4, -0.2) is 42.2 Å². The van der Waals surface area contributed by atoms with Crippen molar-refractivity contribution in [2.75, 3.05) is 20.2 Å². The van der Waals surface area contributed by atoms with Crippen molar-refractivity contribution in [3.8, 4) is 11.5 Å². The van der Waals surface area contributed by atoms with Crippen molar-refractivity contribution in [2.45, 2.75) is 25.4 Å². The standard InChI is InChI=1S/C20H23FN2O3/c1-26-18-10-4-8-16(19(18)24)20(25)22-15-7-5-11-23(13-15)12-14-6-2-3-9-17(14)21/h2-4,6,8-10,15,24H,5,7,11-13H2,1H3,(H,22,25). The van der Waals surface area contributed by atoms with E-state index in [2.05, 4.69) is 10.2 Å². The summed E-state index contributed by atoms with van der Waals surface area (Å²) in [6, 6.07) is 11.5. The summed E-state index contributed by atoms with van der Waals surface area (Å²) in [6.07, 6.45) is 1.77. The maximum absolute atomic E-state index is 13.9. The Morgan fingerprint density at radius 3 is 2.88 bits per heavy atom. The lowest BCUT2D eigenvalue weighted by Gasteiger charge is -2.33. The summed E-state index contributed by atoms with van der Waals surface area (Å²) >= 11 is 0. The summed E-state index contributed by atoms with van der Waals surface area (Å²) in [7, 11) is 1.44. The number of piperidine rings is 1. The second kappa shape index (κ2) is 8.19. The number of hydrogen-bond acceptors (Lipinski definition) is 4. The van der Waals surface area contributed by atoms with E-state index in [9.17, 15) is 14.3 Å². The fraction of sp³-hybridized carbons (Fsp3) is 0.350. The highest BCUT2D eigenvalue weighted by Gasteiger charge is 2.24. The van der Waals surface area contributed by atoms with E-state index in [0.29, 0.717) is 18.7 Å². The number of para-hydroxylation sites is 1. The monoisotopic (exact) mass is 358 g/mol. The molecule has 3 rings (SSSR count). The molecule has 1 aliphatic heterocycles. The molecule has 1 heterocycles. The van der Waals surface area contributed by atoms with E-state index in [0.717, 1.165) is 19.4 Å². The Kier molecular flexibility index (Phi) is 5.73. The van der Waals surface area contributed by atoms with Crippen molar-refractivity contribution in [2.24, 2.45) is 0 Å². The number of carbonyl (C=O) groups is 1. The molecular formula is C20H23FN2O3. The predicted octanol–water partition coefficient (Wildman–Crippen LogP) is 2.93. The number of phenolic OH excluding ortho intramolecular Hbond substituents is 1. The number of nitrogens with one attached hydrogen (secondary N) is 1. The van der Waals surface area contributed by atoms with Crippen molar-refractivity contribution >= 4 is 5.91 Å². The molecule has 138 valence electrons. The number of benzene rings is 2. The molecule has 26 heavy (non-hydrogen) atoms. The molecule has 6 heteroatoms. The molecule has 0 bridgehead atoms. The van der Waals surface area contributed by atoms with Gasteiger partial charge in [-0.1, -0.05) is 24.3 Å². The van der Waals surface area contributed by atoms with E-state index in [1.807, 2.05) is 6.07 Å². The molecule has 2 N–H and O–H groups in total. The molecule has 0 saturated carbocycles. The summed E-state index contributed by atoms with van der Waals surface area (Å²) in [5, 5.41) is 13.1. The van der Waals surface area contributed by atoms with Gasteiger partial charge in [-0.05, 0) is 37.6 Å². The Hall–Kier alpha value is -2.60. The number of hydrogen-bond donors (Lipinski definition) is 2. The molecule has 2 aromatic rings. The van der Waals surface area contributed by atoms with E-state index in [1.165, 1.54) is 13.2 Å². The van der Waals surface area contributed by atoms with Crippen LogP contribution in [0.1, 0.15) is 28.8 Å². The molecule has 2 aromatic carbocycles. The van der Waals surface area contributed by atoms with Gasteiger partial charge in [-0.3, -0.25) is 9.69 Å². The van der Waals surface area contributed by atoms with Crippen LogP contribution in [0.25, 0.3) is 0 Å². The number of phenols is 1. The van der Waals surface area contributed by atoms with Crippen molar-refractivity contribution in [1.29, 1.82) is 0 Å². The van der Waals surface area contributed by atoms with Crippen molar-refractivity contribution < 1.29 is 19.0 Å². The number of aromatic hydroxyl groups is 1. The highest BCUT2D eigenvalue weighted by molar-refractivity contribution is 5.97. The zero-order chi connectivity index (χ0) is 18.5. The Morgan fingerprint density at radius 1 is 1.31 bits per heavy atom. The topological polar surface area (TPSA) is 61.8 Å². The summed E-state index contributed by atoms with van der Waals surface area (Å²) in [5.41, 5.74) is 0.848. The van der Waals surface area contributed by atoms with Gasteiger partial charge in [0, 0.05) is 24.7 Å². The van der Waals surface area contributed by atoms with Crippen LogP contribution in [0.2, 0.25) is 0 Å². The van der Waals surface area contributed by atoms with Crippen molar-refractivity contribution in [3.63, 3.8) is 0 Å². The van der Waals surface area contributed by atoms with Gasteiger partial charge in [0.25, 0.3) is 5.91 Å². The summed E-state index contributed by atoms with van der Waals surface area (Å²) in [4.78, 5) is 14.7. The van der Waals surface area contributed by atoms with Gasteiger partial charge in [0.05, 0.1) is 12.7 Å². The second-order valence-corrected chi connectivity index (χ2v) is 6.50. The molecule has 0 spiro atoms. The lowest BCUT2D eigenvalue weighted by Crippen LogP contribution is -2.47. The molecule has 1 saturated heterocycles. The predicted molar refractivity (Wildman–Crippen MR) is 96.8 cm³/mol. The Morgan fingerprint density at radius 2 is 2.12 bits per heavy atom. The number of amides is 1. The molecule has 0 aliphatic carbocycles. The number of likely N-dealkylation sites (tertiary alicyclic amines) is 1. The summed E-state index contributed by atoms with van der Waals surface area (Å²) < 4.78 is 18.9. The first-order valence-electron chi connectivity index (χ1n) is 8.71. The van der Waals surface area contributed by atoms with Crippen molar-refractivity contribution in [3.05, 3.63) is 59.4 Å². The van der Waals surface area contributed by atoms with Crippen LogP contribution in [0.4, 0.5) is 4.39 Å². The number of rotatable bonds is 5. The van der Waals surface area contributed by atoms with Gasteiger partial charge in [0.2, 0.25) is 0 Å². The van der Waals surface area contributed by atoms with E-state index in [-0.39, 0.29) is 34.8 Å². The van der Waals surface area contributed by atoms with E-state index >= 15 is 0 Å². The molecule has 1 atom stereocenters. The first-order valence-corrected chi connectivity index (χ1v) is 8.71. The molecule has 0 radical (unpaired) electrons. The first kappa shape index (κ1) is 18.2. The zero-order valence-corrected chi connectivity index (χ0v) is 14.7. The third kappa shape index (κ3) is 4.14. The van der Waals surface area contributed by atoms with Gasteiger partial charge in [-0.2, -0.15) is 0 Å².